The van der Waals surface area contributed by atoms with Crippen molar-refractivity contribution in [1.29, 1.82) is 0 Å². The molecule has 2 heterocycles. The molecule has 0 unspecified atom stereocenters. The molecule has 1 amide bonds. The van der Waals surface area contributed by atoms with Crippen LogP contribution in [0.2, 0.25) is 0 Å². The summed E-state index contributed by atoms with van der Waals surface area (Å²) in [7, 11) is 0. The minimum absolute atomic E-state index is 0.0993. The van der Waals surface area contributed by atoms with Crippen molar-refractivity contribution in [3.05, 3.63) is 41.8 Å². The number of amides is 1. The summed E-state index contributed by atoms with van der Waals surface area (Å²) in [6.45, 7) is 8.86. The number of nitrogens with zero attached hydrogens (tertiary/aromatic N) is 2. The molecule has 1 aromatic heterocycles. The highest BCUT2D eigenvalue weighted by Gasteiger charge is 2.33. The van der Waals surface area contributed by atoms with E-state index in [9.17, 15) is 9.59 Å². The molecule has 28 heavy (non-hydrogen) atoms. The highest BCUT2D eigenvalue weighted by Crippen LogP contribution is 2.25. The molecule has 1 aromatic carbocycles. The Balaban J connectivity index is 1.53. The summed E-state index contributed by atoms with van der Waals surface area (Å²) in [6, 6.07) is 9.63. The third kappa shape index (κ3) is 4.61. The average molecular weight is 384 g/mol. The van der Waals surface area contributed by atoms with Gasteiger partial charge in [-0.25, -0.2) is 4.98 Å². The van der Waals surface area contributed by atoms with Crippen molar-refractivity contribution < 1.29 is 18.7 Å². The van der Waals surface area contributed by atoms with Gasteiger partial charge in [0, 0.05) is 24.1 Å². The van der Waals surface area contributed by atoms with Gasteiger partial charge in [-0.1, -0.05) is 39.0 Å². The van der Waals surface area contributed by atoms with Crippen molar-refractivity contribution in [3.63, 3.8) is 0 Å². The predicted octanol–water partition coefficient (Wildman–Crippen LogP) is 3.98. The summed E-state index contributed by atoms with van der Waals surface area (Å²) < 4.78 is 11.2. The summed E-state index contributed by atoms with van der Waals surface area (Å²) in [5.74, 6) is 0.901. The molecule has 150 valence electrons. The summed E-state index contributed by atoms with van der Waals surface area (Å²) in [4.78, 5) is 31.1. The van der Waals surface area contributed by atoms with Crippen LogP contribution in [0.4, 0.5) is 0 Å². The molecule has 6 heteroatoms. The van der Waals surface area contributed by atoms with Gasteiger partial charge in [0.2, 0.25) is 11.8 Å². The Labute approximate surface area is 165 Å². The second-order valence-electron chi connectivity index (χ2n) is 8.31. The lowest BCUT2D eigenvalue weighted by Crippen LogP contribution is -2.45. The van der Waals surface area contributed by atoms with E-state index in [0.29, 0.717) is 43.3 Å². The molecular weight excluding hydrogens is 356 g/mol. The largest absolute Gasteiger partial charge is 0.459 e. The van der Waals surface area contributed by atoms with E-state index in [1.54, 1.807) is 0 Å². The maximum atomic E-state index is 12.4. The fourth-order valence-corrected chi connectivity index (χ4v) is 3.32. The van der Waals surface area contributed by atoms with Gasteiger partial charge in [-0.05, 0) is 31.9 Å². The van der Waals surface area contributed by atoms with Gasteiger partial charge in [0.1, 0.15) is 18.1 Å². The highest BCUT2D eigenvalue weighted by atomic mass is 16.5. The highest BCUT2D eigenvalue weighted by molar-refractivity contribution is 5.82. The zero-order valence-electron chi connectivity index (χ0n) is 17.0. The number of oxazole rings is 1. The first-order valence-electron chi connectivity index (χ1n) is 9.73. The van der Waals surface area contributed by atoms with Gasteiger partial charge >= 0.3 is 5.97 Å². The van der Waals surface area contributed by atoms with Crippen LogP contribution in [0.25, 0.3) is 11.5 Å². The number of hydrogen-bond donors (Lipinski definition) is 0. The normalized spacial score (nSPS) is 15.5. The van der Waals surface area contributed by atoms with Gasteiger partial charge in [-0.3, -0.25) is 9.59 Å². The van der Waals surface area contributed by atoms with E-state index in [2.05, 4.69) is 4.98 Å². The van der Waals surface area contributed by atoms with Crippen LogP contribution in [0.3, 0.4) is 0 Å². The molecule has 0 bridgehead atoms. The van der Waals surface area contributed by atoms with Crippen LogP contribution in [-0.4, -0.2) is 34.8 Å². The number of esters is 1. The summed E-state index contributed by atoms with van der Waals surface area (Å²) in [6.07, 6.45) is 1.27. The third-order valence-electron chi connectivity index (χ3n) is 5.02. The predicted molar refractivity (Wildman–Crippen MR) is 105 cm³/mol. The molecule has 0 N–H and O–H groups in total. The minimum Gasteiger partial charge on any atom is -0.459 e. The van der Waals surface area contributed by atoms with E-state index in [1.807, 2.05) is 62.9 Å². The quantitative estimate of drug-likeness (QED) is 0.746. The lowest BCUT2D eigenvalue weighted by atomic mass is 9.91. The zero-order chi connectivity index (χ0) is 20.3. The van der Waals surface area contributed by atoms with Crippen LogP contribution in [0, 0.1) is 18.3 Å². The van der Waals surface area contributed by atoms with E-state index >= 15 is 0 Å². The first kappa shape index (κ1) is 20.1. The fraction of sp³-hybridized carbons (Fsp3) is 0.500. The van der Waals surface area contributed by atoms with Crippen LogP contribution in [0.5, 0.6) is 0 Å². The average Bonchev–Trinajstić information content (AvgIpc) is 3.06. The number of ether oxygens (including phenoxy) is 1. The number of piperidine rings is 1. The maximum Gasteiger partial charge on any atom is 0.309 e. The number of rotatable bonds is 4. The molecule has 2 aromatic rings. The van der Waals surface area contributed by atoms with Gasteiger partial charge < -0.3 is 14.1 Å². The standard InChI is InChI=1S/C22H28N2O4/c1-15-18(23-19(28-15)16-8-6-5-7-9-16)14-27-20(25)17-10-12-24(13-11-17)21(26)22(2,3)4/h5-9,17H,10-14H2,1-4H3. The Kier molecular flexibility index (Phi) is 5.87. The van der Waals surface area contributed by atoms with Crippen LogP contribution in [0.1, 0.15) is 45.1 Å². The summed E-state index contributed by atoms with van der Waals surface area (Å²) in [5, 5.41) is 0. The summed E-state index contributed by atoms with van der Waals surface area (Å²) in [5.41, 5.74) is 1.13. The second kappa shape index (κ2) is 8.17. The Morgan fingerprint density at radius 2 is 1.82 bits per heavy atom. The number of aryl methyl sites for hydroxylation is 1. The molecule has 3 rings (SSSR count). The molecule has 1 aliphatic heterocycles. The van der Waals surface area contributed by atoms with Gasteiger partial charge in [-0.15, -0.1) is 0 Å². The number of carbonyl (C=O) groups is 2. The molecule has 6 nitrogen and oxygen atoms in total. The molecule has 0 atom stereocenters. The van der Waals surface area contributed by atoms with E-state index < -0.39 is 5.41 Å². The monoisotopic (exact) mass is 384 g/mol. The Morgan fingerprint density at radius 3 is 2.43 bits per heavy atom. The first-order valence-corrected chi connectivity index (χ1v) is 9.73. The Bertz CT molecular complexity index is 828. The van der Waals surface area contributed by atoms with E-state index in [1.165, 1.54) is 0 Å². The molecule has 0 saturated carbocycles. The van der Waals surface area contributed by atoms with Crippen LogP contribution in [-0.2, 0) is 20.9 Å². The second-order valence-corrected chi connectivity index (χ2v) is 8.31. The van der Waals surface area contributed by atoms with Crippen LogP contribution in [0.15, 0.2) is 34.7 Å². The number of benzene rings is 1. The SMILES string of the molecule is Cc1oc(-c2ccccc2)nc1COC(=O)C1CCN(C(=O)C(C)(C)C)CC1. The number of carbonyl (C=O) groups excluding carboxylic acids is 2. The number of hydrogen-bond acceptors (Lipinski definition) is 5. The van der Waals surface area contributed by atoms with E-state index in [4.69, 9.17) is 9.15 Å². The lowest BCUT2D eigenvalue weighted by Gasteiger charge is -2.34. The fourth-order valence-electron chi connectivity index (χ4n) is 3.32. The van der Waals surface area contributed by atoms with Gasteiger partial charge in [0.05, 0.1) is 5.92 Å². The van der Waals surface area contributed by atoms with Crippen LogP contribution < -0.4 is 0 Å². The van der Waals surface area contributed by atoms with E-state index in [-0.39, 0.29) is 24.4 Å². The topological polar surface area (TPSA) is 72.6 Å². The Hall–Kier alpha value is -2.63. The molecule has 0 aliphatic carbocycles. The van der Waals surface area contributed by atoms with Crippen LogP contribution >= 0.6 is 0 Å². The molecule has 0 spiro atoms. The van der Waals surface area contributed by atoms with Crippen molar-refractivity contribution in [3.8, 4) is 11.5 Å². The molecule has 1 fully saturated rings. The van der Waals surface area contributed by atoms with Gasteiger partial charge in [0.15, 0.2) is 0 Å². The number of aromatic nitrogens is 1. The molecule has 0 radical (unpaired) electrons. The smallest absolute Gasteiger partial charge is 0.309 e. The Morgan fingerprint density at radius 1 is 1.18 bits per heavy atom. The van der Waals surface area contributed by atoms with Gasteiger partial charge in [-0.2, -0.15) is 0 Å². The maximum absolute atomic E-state index is 12.4. The third-order valence-corrected chi connectivity index (χ3v) is 5.02. The minimum atomic E-state index is -0.395. The molecule has 1 aliphatic rings. The van der Waals surface area contributed by atoms with Crippen molar-refractivity contribution in [1.82, 2.24) is 9.88 Å². The van der Waals surface area contributed by atoms with Crippen molar-refractivity contribution >= 4 is 11.9 Å². The lowest BCUT2D eigenvalue weighted by molar-refractivity contribution is -0.154. The molecular formula is C22H28N2O4. The summed E-state index contributed by atoms with van der Waals surface area (Å²) >= 11 is 0. The first-order chi connectivity index (χ1) is 13.3. The van der Waals surface area contributed by atoms with Crippen molar-refractivity contribution in [2.24, 2.45) is 11.3 Å². The number of likely N-dealkylation sites (tertiary alicyclic amines) is 1. The molecule has 1 saturated heterocycles. The van der Waals surface area contributed by atoms with Crippen molar-refractivity contribution in [2.75, 3.05) is 13.1 Å². The zero-order valence-corrected chi connectivity index (χ0v) is 17.0. The van der Waals surface area contributed by atoms with Gasteiger partial charge in [0.25, 0.3) is 0 Å². The van der Waals surface area contributed by atoms with Crippen molar-refractivity contribution in [2.45, 2.75) is 47.1 Å². The van der Waals surface area contributed by atoms with E-state index in [0.717, 1.165) is 5.56 Å².